The van der Waals surface area contributed by atoms with Gasteiger partial charge in [-0.3, -0.25) is 11.3 Å². The molecule has 0 aliphatic heterocycles. The summed E-state index contributed by atoms with van der Waals surface area (Å²) in [7, 11) is 1.51. The van der Waals surface area contributed by atoms with E-state index in [0.29, 0.717) is 17.7 Å². The van der Waals surface area contributed by atoms with E-state index >= 15 is 0 Å². The lowest BCUT2D eigenvalue weighted by atomic mass is 9.99. The number of benzene rings is 2. The predicted molar refractivity (Wildman–Crippen MR) is 80.9 cm³/mol. The zero-order valence-corrected chi connectivity index (χ0v) is 12.7. The van der Waals surface area contributed by atoms with Gasteiger partial charge in [-0.15, -0.1) is 0 Å². The van der Waals surface area contributed by atoms with Crippen molar-refractivity contribution in [1.82, 2.24) is 5.43 Å². The molecule has 0 radical (unpaired) electrons. The zero-order chi connectivity index (χ0) is 14.5. The third kappa shape index (κ3) is 3.56. The molecule has 1 atom stereocenters. The van der Waals surface area contributed by atoms with Crippen LogP contribution in [0.2, 0.25) is 0 Å². The highest BCUT2D eigenvalue weighted by Gasteiger charge is 2.15. The first-order valence-corrected chi connectivity index (χ1v) is 6.97. The van der Waals surface area contributed by atoms with Crippen molar-refractivity contribution < 1.29 is 9.13 Å². The summed E-state index contributed by atoms with van der Waals surface area (Å²) in [5.74, 6) is 5.73. The molecule has 0 spiro atoms. The first-order chi connectivity index (χ1) is 9.63. The van der Waals surface area contributed by atoms with Crippen LogP contribution in [0.15, 0.2) is 46.9 Å². The van der Waals surface area contributed by atoms with Gasteiger partial charge in [0.25, 0.3) is 0 Å². The Labute approximate surface area is 126 Å². The lowest BCUT2D eigenvalue weighted by molar-refractivity contribution is 0.409. The summed E-state index contributed by atoms with van der Waals surface area (Å²) in [6, 6.07) is 12.3. The maximum Gasteiger partial charge on any atom is 0.131 e. The lowest BCUT2D eigenvalue weighted by Crippen LogP contribution is -2.30. The quantitative estimate of drug-likeness (QED) is 0.649. The molecule has 0 saturated carbocycles. The van der Waals surface area contributed by atoms with E-state index in [1.165, 1.54) is 13.2 Å². The number of hydrazine groups is 1. The zero-order valence-electron chi connectivity index (χ0n) is 11.1. The van der Waals surface area contributed by atoms with Gasteiger partial charge >= 0.3 is 0 Å². The van der Waals surface area contributed by atoms with Gasteiger partial charge in [0.15, 0.2) is 0 Å². The van der Waals surface area contributed by atoms with Crippen LogP contribution in [0.1, 0.15) is 17.2 Å². The maximum atomic E-state index is 14.1. The van der Waals surface area contributed by atoms with Gasteiger partial charge in [0.05, 0.1) is 13.2 Å². The second-order valence-electron chi connectivity index (χ2n) is 4.44. The van der Waals surface area contributed by atoms with Crippen molar-refractivity contribution in [3.05, 3.63) is 63.9 Å². The van der Waals surface area contributed by atoms with Gasteiger partial charge in [-0.2, -0.15) is 0 Å². The number of nitrogens with two attached hydrogens (primary N) is 1. The minimum atomic E-state index is -0.331. The largest absolute Gasteiger partial charge is 0.497 e. The van der Waals surface area contributed by atoms with Crippen LogP contribution < -0.4 is 16.0 Å². The maximum absolute atomic E-state index is 14.1. The van der Waals surface area contributed by atoms with Crippen molar-refractivity contribution in [2.24, 2.45) is 5.84 Å². The molecule has 0 fully saturated rings. The Bertz CT molecular complexity index is 592. The SMILES string of the molecule is COc1ccc(C(Cc2cccc(Br)c2)NN)c(F)c1. The molecule has 0 bridgehead atoms. The molecule has 106 valence electrons. The van der Waals surface area contributed by atoms with Crippen LogP contribution in [0.4, 0.5) is 4.39 Å². The Morgan fingerprint density at radius 1 is 1.30 bits per heavy atom. The fraction of sp³-hybridized carbons (Fsp3) is 0.200. The van der Waals surface area contributed by atoms with Crippen LogP contribution in [-0.4, -0.2) is 7.11 Å². The third-order valence-corrected chi connectivity index (χ3v) is 3.61. The van der Waals surface area contributed by atoms with Crippen LogP contribution in [0.5, 0.6) is 5.75 Å². The standard InChI is InChI=1S/C15H16BrFN2O/c1-20-12-5-6-13(14(17)9-12)15(19-18)8-10-3-2-4-11(16)7-10/h2-7,9,15,19H,8,18H2,1H3. The number of halogens is 2. The second kappa shape index (κ2) is 6.83. The van der Waals surface area contributed by atoms with Crippen LogP contribution >= 0.6 is 15.9 Å². The smallest absolute Gasteiger partial charge is 0.131 e. The van der Waals surface area contributed by atoms with E-state index in [2.05, 4.69) is 21.4 Å². The molecule has 0 aromatic heterocycles. The van der Waals surface area contributed by atoms with Gasteiger partial charge in [-0.05, 0) is 30.2 Å². The van der Waals surface area contributed by atoms with E-state index in [4.69, 9.17) is 10.6 Å². The van der Waals surface area contributed by atoms with Gasteiger partial charge in [0.2, 0.25) is 0 Å². The summed E-state index contributed by atoms with van der Waals surface area (Å²) in [5.41, 5.74) is 4.26. The van der Waals surface area contributed by atoms with Crippen molar-refractivity contribution in [1.29, 1.82) is 0 Å². The van der Waals surface area contributed by atoms with Crippen molar-refractivity contribution in [2.75, 3.05) is 7.11 Å². The molecule has 3 nitrogen and oxygen atoms in total. The van der Waals surface area contributed by atoms with Crippen molar-refractivity contribution in [2.45, 2.75) is 12.5 Å². The van der Waals surface area contributed by atoms with Crippen LogP contribution in [0.25, 0.3) is 0 Å². The molecule has 0 aliphatic rings. The summed E-state index contributed by atoms with van der Waals surface area (Å²) >= 11 is 3.42. The van der Waals surface area contributed by atoms with Crippen molar-refractivity contribution in [3.8, 4) is 5.75 Å². The minimum Gasteiger partial charge on any atom is -0.497 e. The van der Waals surface area contributed by atoms with Crippen molar-refractivity contribution >= 4 is 15.9 Å². The first-order valence-electron chi connectivity index (χ1n) is 6.18. The molecule has 0 aliphatic carbocycles. The molecule has 20 heavy (non-hydrogen) atoms. The normalized spacial score (nSPS) is 12.2. The first kappa shape index (κ1) is 15.0. The molecule has 0 amide bonds. The Balaban J connectivity index is 2.24. The molecule has 0 saturated heterocycles. The highest BCUT2D eigenvalue weighted by atomic mass is 79.9. The lowest BCUT2D eigenvalue weighted by Gasteiger charge is -2.18. The number of nitrogens with one attached hydrogen (secondary N) is 1. The van der Waals surface area contributed by atoms with E-state index in [1.54, 1.807) is 12.1 Å². The number of hydrogen-bond acceptors (Lipinski definition) is 3. The topological polar surface area (TPSA) is 47.3 Å². The molecular weight excluding hydrogens is 323 g/mol. The van der Waals surface area contributed by atoms with Gasteiger partial charge in [0.1, 0.15) is 11.6 Å². The fourth-order valence-corrected chi connectivity index (χ4v) is 2.52. The number of rotatable bonds is 5. The second-order valence-corrected chi connectivity index (χ2v) is 5.36. The molecular formula is C15H16BrFN2O. The van der Waals surface area contributed by atoms with E-state index in [-0.39, 0.29) is 11.9 Å². The highest BCUT2D eigenvalue weighted by molar-refractivity contribution is 9.10. The number of methoxy groups -OCH3 is 1. The number of ether oxygens (including phenoxy) is 1. The molecule has 2 rings (SSSR count). The van der Waals surface area contributed by atoms with Gasteiger partial charge in [-0.1, -0.05) is 34.1 Å². The Morgan fingerprint density at radius 3 is 2.70 bits per heavy atom. The highest BCUT2D eigenvalue weighted by Crippen LogP contribution is 2.25. The number of hydrogen-bond donors (Lipinski definition) is 2. The Hall–Kier alpha value is -1.43. The summed E-state index contributed by atoms with van der Waals surface area (Å²) < 4.78 is 20.1. The summed E-state index contributed by atoms with van der Waals surface area (Å²) in [6.07, 6.45) is 0.596. The molecule has 3 N–H and O–H groups in total. The summed E-state index contributed by atoms with van der Waals surface area (Å²) in [6.45, 7) is 0. The van der Waals surface area contributed by atoms with E-state index in [9.17, 15) is 4.39 Å². The predicted octanol–water partition coefficient (Wildman–Crippen LogP) is 3.34. The fourth-order valence-electron chi connectivity index (χ4n) is 2.08. The van der Waals surface area contributed by atoms with Gasteiger partial charge < -0.3 is 4.74 Å². The minimum absolute atomic E-state index is 0.296. The molecule has 2 aromatic rings. The molecule has 0 heterocycles. The van der Waals surface area contributed by atoms with Gasteiger partial charge in [0, 0.05) is 16.1 Å². The Morgan fingerprint density at radius 2 is 2.10 bits per heavy atom. The van der Waals surface area contributed by atoms with Crippen LogP contribution in [0.3, 0.4) is 0 Å². The Kier molecular flexibility index (Phi) is 5.11. The molecule has 5 heteroatoms. The summed E-state index contributed by atoms with van der Waals surface area (Å²) in [4.78, 5) is 0. The molecule has 2 aromatic carbocycles. The average Bonchev–Trinajstić information content (AvgIpc) is 2.45. The molecule has 1 unspecified atom stereocenters. The summed E-state index contributed by atoms with van der Waals surface area (Å²) in [5, 5.41) is 0. The van der Waals surface area contributed by atoms with Crippen LogP contribution in [0, 0.1) is 5.82 Å². The van der Waals surface area contributed by atoms with Crippen LogP contribution in [-0.2, 0) is 6.42 Å². The van der Waals surface area contributed by atoms with E-state index in [1.807, 2.05) is 24.3 Å². The van der Waals surface area contributed by atoms with E-state index in [0.717, 1.165) is 10.0 Å². The monoisotopic (exact) mass is 338 g/mol. The van der Waals surface area contributed by atoms with E-state index < -0.39 is 0 Å². The van der Waals surface area contributed by atoms with Gasteiger partial charge in [-0.25, -0.2) is 4.39 Å². The average molecular weight is 339 g/mol. The van der Waals surface area contributed by atoms with Crippen molar-refractivity contribution in [3.63, 3.8) is 0 Å². The third-order valence-electron chi connectivity index (χ3n) is 3.11.